The van der Waals surface area contributed by atoms with Crippen molar-refractivity contribution in [3.63, 3.8) is 0 Å². The fourth-order valence-electron chi connectivity index (χ4n) is 7.15. The van der Waals surface area contributed by atoms with Crippen molar-refractivity contribution in [2.75, 3.05) is 19.8 Å². The summed E-state index contributed by atoms with van der Waals surface area (Å²) in [5.74, 6) is -0.450. The highest BCUT2D eigenvalue weighted by Crippen LogP contribution is 2.13. The fraction of sp³-hybridized carbons (Fsp3) is 0.619. The molecule has 0 bridgehead atoms. The molecule has 68 heavy (non-hydrogen) atoms. The molecule has 0 heterocycles. The van der Waals surface area contributed by atoms with Crippen molar-refractivity contribution in [3.05, 3.63) is 134 Å². The first-order chi connectivity index (χ1) is 33.6. The summed E-state index contributed by atoms with van der Waals surface area (Å²) in [6.45, 7) is 7.40. The molecule has 1 atom stereocenters. The molecule has 0 amide bonds. The van der Waals surface area contributed by atoms with Gasteiger partial charge in [0, 0.05) is 19.4 Å². The quantitative estimate of drug-likeness (QED) is 0.0345. The molecule has 384 valence electrons. The van der Waals surface area contributed by atoms with Crippen LogP contribution in [0.15, 0.2) is 134 Å². The lowest BCUT2D eigenvalue weighted by molar-refractivity contribution is -0.163. The van der Waals surface area contributed by atoms with Gasteiger partial charge in [0.25, 0.3) is 0 Å². The molecule has 0 fully saturated rings. The summed E-state index contributed by atoms with van der Waals surface area (Å²) in [5, 5.41) is 0. The smallest absolute Gasteiger partial charge is 0.306 e. The van der Waals surface area contributed by atoms with Crippen molar-refractivity contribution in [3.8, 4) is 0 Å². The number of carbonyl (C=O) groups is 2. The van der Waals surface area contributed by atoms with Gasteiger partial charge in [-0.25, -0.2) is 0 Å². The maximum absolute atomic E-state index is 12.9. The second kappa shape index (κ2) is 57.4. The Morgan fingerprint density at radius 3 is 0.985 bits per heavy atom. The van der Waals surface area contributed by atoms with E-state index in [-0.39, 0.29) is 25.2 Å². The van der Waals surface area contributed by atoms with Gasteiger partial charge in [0.1, 0.15) is 6.61 Å². The molecule has 0 saturated heterocycles. The maximum Gasteiger partial charge on any atom is 0.306 e. The molecule has 0 radical (unpaired) electrons. The van der Waals surface area contributed by atoms with Crippen LogP contribution in [0, 0.1) is 0 Å². The highest BCUT2D eigenvalue weighted by atomic mass is 16.6. The summed E-state index contributed by atoms with van der Waals surface area (Å²) in [6.07, 6.45) is 81.8. The Morgan fingerprint density at radius 2 is 0.618 bits per heavy atom. The zero-order chi connectivity index (χ0) is 49.2. The van der Waals surface area contributed by atoms with E-state index in [0.29, 0.717) is 19.4 Å². The van der Waals surface area contributed by atoms with E-state index in [1.165, 1.54) is 51.4 Å². The van der Waals surface area contributed by atoms with E-state index < -0.39 is 6.10 Å². The number of allylic oxidation sites excluding steroid dienone is 22. The summed E-state index contributed by atoms with van der Waals surface area (Å²) in [7, 11) is 0. The maximum atomic E-state index is 12.9. The normalized spacial score (nSPS) is 13.3. The summed E-state index contributed by atoms with van der Waals surface area (Å²) in [4.78, 5) is 25.5. The van der Waals surface area contributed by atoms with Gasteiger partial charge in [-0.1, -0.05) is 219 Å². The van der Waals surface area contributed by atoms with Crippen LogP contribution in [0.25, 0.3) is 0 Å². The van der Waals surface area contributed by atoms with Crippen LogP contribution in [0.1, 0.15) is 226 Å². The lowest BCUT2D eigenvalue weighted by Gasteiger charge is -2.18. The Hall–Kier alpha value is -3.96. The number of rotatable bonds is 49. The van der Waals surface area contributed by atoms with Gasteiger partial charge in [-0.15, -0.1) is 0 Å². The van der Waals surface area contributed by atoms with Crippen LogP contribution in [-0.4, -0.2) is 37.9 Å². The second-order valence-corrected chi connectivity index (χ2v) is 17.7. The zero-order valence-corrected chi connectivity index (χ0v) is 44.1. The topological polar surface area (TPSA) is 61.8 Å². The molecule has 0 spiro atoms. The van der Waals surface area contributed by atoms with Crippen LogP contribution in [0.2, 0.25) is 0 Å². The largest absolute Gasteiger partial charge is 0.462 e. The molecule has 0 saturated carbocycles. The molecule has 0 rings (SSSR count). The molecule has 0 N–H and O–H groups in total. The standard InChI is InChI=1S/C63H102O5/c1-4-7-10-13-16-19-22-25-28-30-32-34-36-38-41-44-47-50-53-56-62(64)67-60-61(59-66-58-55-52-49-46-43-40-27-24-21-18-15-12-9-6-3)68-63(65)57-54-51-48-45-42-39-37-35-33-31-29-26-23-20-17-14-11-8-5-2/h7-12,16-21,25-29,32-35,40,61H,4-6,13-15,22-24,30-31,36-39,41-60H2,1-3H3/b10-7-,11-8-,12-9-,19-16-,20-17-,21-18-,28-25-,29-26-,34-32-,35-33-,40-27-. The average Bonchev–Trinajstić information content (AvgIpc) is 3.34. The first-order valence-electron chi connectivity index (χ1n) is 27.7. The number of hydrogen-bond acceptors (Lipinski definition) is 5. The highest BCUT2D eigenvalue weighted by molar-refractivity contribution is 5.70. The monoisotopic (exact) mass is 939 g/mol. The summed E-state index contributed by atoms with van der Waals surface area (Å²) in [6, 6.07) is 0. The molecule has 0 aromatic heterocycles. The van der Waals surface area contributed by atoms with Crippen LogP contribution in [0.5, 0.6) is 0 Å². The lowest BCUT2D eigenvalue weighted by Crippen LogP contribution is -2.30. The van der Waals surface area contributed by atoms with Crippen LogP contribution in [0.3, 0.4) is 0 Å². The van der Waals surface area contributed by atoms with Crippen molar-refractivity contribution in [2.45, 2.75) is 232 Å². The number of hydrogen-bond donors (Lipinski definition) is 0. The number of carbonyl (C=O) groups excluding carboxylic acids is 2. The Morgan fingerprint density at radius 1 is 0.324 bits per heavy atom. The van der Waals surface area contributed by atoms with E-state index in [4.69, 9.17) is 14.2 Å². The van der Waals surface area contributed by atoms with Crippen LogP contribution >= 0.6 is 0 Å². The molecule has 0 aliphatic rings. The van der Waals surface area contributed by atoms with E-state index in [9.17, 15) is 9.59 Å². The molecule has 5 heteroatoms. The molecule has 1 unspecified atom stereocenters. The first kappa shape index (κ1) is 64.0. The van der Waals surface area contributed by atoms with Crippen LogP contribution in [0.4, 0.5) is 0 Å². The van der Waals surface area contributed by atoms with Gasteiger partial charge < -0.3 is 14.2 Å². The third-order valence-electron chi connectivity index (χ3n) is 11.2. The van der Waals surface area contributed by atoms with Crippen molar-refractivity contribution in [2.24, 2.45) is 0 Å². The van der Waals surface area contributed by atoms with E-state index >= 15 is 0 Å². The minimum atomic E-state index is -0.572. The van der Waals surface area contributed by atoms with Gasteiger partial charge in [0.05, 0.1) is 6.61 Å². The first-order valence-corrected chi connectivity index (χ1v) is 27.7. The Balaban J connectivity index is 4.38. The predicted molar refractivity (Wildman–Crippen MR) is 297 cm³/mol. The summed E-state index contributed by atoms with van der Waals surface area (Å²) >= 11 is 0. The summed E-state index contributed by atoms with van der Waals surface area (Å²) < 4.78 is 17.4. The summed E-state index contributed by atoms with van der Waals surface area (Å²) in [5.41, 5.74) is 0. The Kier molecular flexibility index (Phi) is 54.0. The molecular weight excluding hydrogens is 837 g/mol. The van der Waals surface area contributed by atoms with E-state index in [2.05, 4.69) is 154 Å². The highest BCUT2D eigenvalue weighted by Gasteiger charge is 2.17. The lowest BCUT2D eigenvalue weighted by atomic mass is 10.1. The van der Waals surface area contributed by atoms with E-state index in [0.717, 1.165) is 141 Å². The molecule has 0 aliphatic carbocycles. The molecule has 5 nitrogen and oxygen atoms in total. The van der Waals surface area contributed by atoms with Gasteiger partial charge >= 0.3 is 11.9 Å². The van der Waals surface area contributed by atoms with Crippen molar-refractivity contribution < 1.29 is 23.8 Å². The number of ether oxygens (including phenoxy) is 3. The zero-order valence-electron chi connectivity index (χ0n) is 44.1. The number of unbranched alkanes of at least 4 members (excludes halogenated alkanes) is 16. The third-order valence-corrected chi connectivity index (χ3v) is 11.2. The van der Waals surface area contributed by atoms with Crippen molar-refractivity contribution >= 4 is 11.9 Å². The van der Waals surface area contributed by atoms with Gasteiger partial charge in [0.2, 0.25) is 0 Å². The molecule has 0 aromatic rings. The van der Waals surface area contributed by atoms with Crippen LogP contribution in [-0.2, 0) is 23.8 Å². The van der Waals surface area contributed by atoms with Crippen molar-refractivity contribution in [1.82, 2.24) is 0 Å². The average molecular weight is 940 g/mol. The van der Waals surface area contributed by atoms with E-state index in [1.54, 1.807) is 0 Å². The Bertz CT molecular complexity index is 1430. The van der Waals surface area contributed by atoms with Gasteiger partial charge in [-0.3, -0.25) is 9.59 Å². The molecule has 0 aliphatic heterocycles. The second-order valence-electron chi connectivity index (χ2n) is 17.7. The van der Waals surface area contributed by atoms with Gasteiger partial charge in [-0.2, -0.15) is 0 Å². The van der Waals surface area contributed by atoms with Gasteiger partial charge in [-0.05, 0) is 128 Å². The van der Waals surface area contributed by atoms with Crippen molar-refractivity contribution in [1.29, 1.82) is 0 Å². The van der Waals surface area contributed by atoms with Crippen LogP contribution < -0.4 is 0 Å². The SMILES string of the molecule is CC/C=C\C/C=C\C/C=C\C/C=C\CCCCCCCCC(=O)OCC(COCCCCCC/C=C\C/C=C\C/C=C\CC)OC(=O)CCCCCCCC/C=C\C/C=C\C/C=C\C/C=C\CC. The Labute approximate surface area is 419 Å². The molecule has 0 aromatic carbocycles. The minimum absolute atomic E-state index is 0.0537. The third kappa shape index (κ3) is 54.6. The van der Waals surface area contributed by atoms with E-state index in [1.807, 2.05) is 0 Å². The minimum Gasteiger partial charge on any atom is -0.462 e. The number of esters is 2. The molecular formula is C63H102O5. The van der Waals surface area contributed by atoms with Gasteiger partial charge in [0.15, 0.2) is 6.10 Å². The predicted octanol–water partition coefficient (Wildman–Crippen LogP) is 19.1. The fourth-order valence-corrected chi connectivity index (χ4v) is 7.15.